The normalized spacial score (nSPS) is 24.7. The van der Waals surface area contributed by atoms with E-state index in [0.29, 0.717) is 23.6 Å². The van der Waals surface area contributed by atoms with Crippen LogP contribution in [0.3, 0.4) is 0 Å². The minimum atomic E-state index is -0.429. The van der Waals surface area contributed by atoms with Gasteiger partial charge in [0.2, 0.25) is 0 Å². The smallest absolute Gasteiger partial charge is 0.183 e. The molecule has 3 aliphatic rings. The Morgan fingerprint density at radius 1 is 1.11 bits per heavy atom. The zero-order valence-electron chi connectivity index (χ0n) is 15.3. The van der Waals surface area contributed by atoms with Gasteiger partial charge in [-0.15, -0.1) is 0 Å². The van der Waals surface area contributed by atoms with E-state index in [0.717, 1.165) is 24.1 Å². The third-order valence-corrected chi connectivity index (χ3v) is 5.63. The zero-order valence-corrected chi connectivity index (χ0v) is 15.3. The zero-order chi connectivity index (χ0) is 18.8. The van der Waals surface area contributed by atoms with E-state index in [4.69, 9.17) is 0 Å². The van der Waals surface area contributed by atoms with E-state index >= 15 is 0 Å². The standard InChI is InChI=1S/C20H23F2N5/c1-12(9-23-18-7-6-15(21)10-24-18)19-25-11-16(22)20(27-19)26-17-8-13-2-4-14(17)5-3-13/h6-7,9-11,13-14,17H,2-5,8H2,1H3,(H,23,24)(H,25,26,27)/b12-9+. The average molecular weight is 371 g/mol. The fraction of sp³-hybridized carbons (Fsp3) is 0.450. The van der Waals surface area contributed by atoms with Crippen LogP contribution < -0.4 is 10.6 Å². The Kier molecular flexibility index (Phi) is 5.01. The summed E-state index contributed by atoms with van der Waals surface area (Å²) < 4.78 is 27.2. The lowest BCUT2D eigenvalue weighted by Crippen LogP contribution is -2.40. The highest BCUT2D eigenvalue weighted by Crippen LogP contribution is 2.42. The maximum Gasteiger partial charge on any atom is 0.183 e. The molecule has 3 aliphatic carbocycles. The van der Waals surface area contributed by atoms with Gasteiger partial charge in [0.05, 0.1) is 12.4 Å². The molecule has 0 aromatic carbocycles. The summed E-state index contributed by atoms with van der Waals surface area (Å²) in [6.07, 6.45) is 10.1. The predicted molar refractivity (Wildman–Crippen MR) is 101 cm³/mol. The van der Waals surface area contributed by atoms with Crippen LogP contribution in [-0.2, 0) is 0 Å². The maximum absolute atomic E-state index is 14.3. The molecule has 3 saturated carbocycles. The molecular weight excluding hydrogens is 348 g/mol. The lowest BCUT2D eigenvalue weighted by Gasteiger charge is -2.42. The number of pyridine rings is 1. The number of rotatable bonds is 5. The van der Waals surface area contributed by atoms with Crippen molar-refractivity contribution in [2.24, 2.45) is 11.8 Å². The first-order valence-electron chi connectivity index (χ1n) is 9.43. The molecule has 2 N–H and O–H groups in total. The van der Waals surface area contributed by atoms with Crippen molar-refractivity contribution >= 4 is 17.2 Å². The van der Waals surface area contributed by atoms with E-state index in [9.17, 15) is 8.78 Å². The van der Waals surface area contributed by atoms with Crippen LogP contribution in [-0.4, -0.2) is 21.0 Å². The van der Waals surface area contributed by atoms with E-state index in [-0.39, 0.29) is 5.82 Å². The molecule has 2 aromatic rings. The van der Waals surface area contributed by atoms with E-state index in [2.05, 4.69) is 25.6 Å². The van der Waals surface area contributed by atoms with Gasteiger partial charge in [0.1, 0.15) is 11.6 Å². The lowest BCUT2D eigenvalue weighted by atomic mass is 9.68. The number of aromatic nitrogens is 3. The van der Waals surface area contributed by atoms with Gasteiger partial charge in [0, 0.05) is 17.8 Å². The summed E-state index contributed by atoms with van der Waals surface area (Å²) in [5.74, 6) is 1.76. The summed E-state index contributed by atoms with van der Waals surface area (Å²) in [5.41, 5.74) is 0.731. The first-order chi connectivity index (χ1) is 13.1. The molecule has 1 unspecified atom stereocenters. The molecule has 0 spiro atoms. The van der Waals surface area contributed by atoms with Gasteiger partial charge in [-0.2, -0.15) is 0 Å². The third-order valence-electron chi connectivity index (χ3n) is 5.63. The topological polar surface area (TPSA) is 62.7 Å². The Morgan fingerprint density at radius 3 is 2.59 bits per heavy atom. The number of anilines is 2. The number of nitrogens with one attached hydrogen (secondary N) is 2. The van der Waals surface area contributed by atoms with Crippen LogP contribution in [0.1, 0.15) is 44.9 Å². The molecule has 0 aliphatic heterocycles. The lowest BCUT2D eigenvalue weighted by molar-refractivity contribution is 0.157. The number of fused-ring (bicyclic) bond motifs is 3. The summed E-state index contributed by atoms with van der Waals surface area (Å²) in [6.45, 7) is 1.83. The molecule has 5 rings (SSSR count). The molecule has 1 atom stereocenters. The predicted octanol–water partition coefficient (Wildman–Crippen LogP) is 4.61. The minimum absolute atomic E-state index is 0.269. The van der Waals surface area contributed by atoms with E-state index in [1.165, 1.54) is 44.0 Å². The van der Waals surface area contributed by atoms with Crippen molar-refractivity contribution in [2.75, 3.05) is 10.6 Å². The van der Waals surface area contributed by atoms with Crippen LogP contribution in [0.2, 0.25) is 0 Å². The number of hydrogen-bond donors (Lipinski definition) is 2. The average Bonchev–Trinajstić information content (AvgIpc) is 2.70. The van der Waals surface area contributed by atoms with Crippen LogP contribution in [0.4, 0.5) is 20.4 Å². The second kappa shape index (κ2) is 7.58. The molecular formula is C20H23F2N5. The second-order valence-electron chi connectivity index (χ2n) is 7.49. The van der Waals surface area contributed by atoms with Gasteiger partial charge >= 0.3 is 0 Å². The van der Waals surface area contributed by atoms with Crippen LogP contribution in [0.25, 0.3) is 5.57 Å². The van der Waals surface area contributed by atoms with Gasteiger partial charge < -0.3 is 10.6 Å². The summed E-state index contributed by atoms with van der Waals surface area (Å²) in [6, 6.07) is 3.16. The SMILES string of the molecule is C/C(=C\Nc1ccc(F)cn1)c1ncc(F)c(NC2CC3CCC2CC3)n1. The number of nitrogens with zero attached hydrogens (tertiary/aromatic N) is 3. The second-order valence-corrected chi connectivity index (χ2v) is 7.49. The quantitative estimate of drug-likeness (QED) is 0.803. The van der Waals surface area contributed by atoms with Crippen molar-refractivity contribution in [1.82, 2.24) is 15.0 Å². The van der Waals surface area contributed by atoms with Gasteiger partial charge in [0.15, 0.2) is 17.5 Å². The highest BCUT2D eigenvalue weighted by molar-refractivity contribution is 5.61. The highest BCUT2D eigenvalue weighted by Gasteiger charge is 2.36. The molecule has 2 aromatic heterocycles. The largest absolute Gasteiger partial charge is 0.364 e. The molecule has 0 radical (unpaired) electrons. The Morgan fingerprint density at radius 2 is 1.93 bits per heavy atom. The Labute approximate surface area is 157 Å². The van der Waals surface area contributed by atoms with Crippen molar-refractivity contribution in [2.45, 2.75) is 45.1 Å². The Bertz CT molecular complexity index is 829. The van der Waals surface area contributed by atoms with Crippen molar-refractivity contribution in [1.29, 1.82) is 0 Å². The molecule has 0 amide bonds. The van der Waals surface area contributed by atoms with Crippen molar-refractivity contribution < 1.29 is 8.78 Å². The first kappa shape index (κ1) is 17.8. The molecule has 7 heteroatoms. The number of halogens is 2. The maximum atomic E-state index is 14.3. The van der Waals surface area contributed by atoms with Crippen molar-refractivity contribution in [3.63, 3.8) is 0 Å². The van der Waals surface area contributed by atoms with E-state index < -0.39 is 11.6 Å². The van der Waals surface area contributed by atoms with Crippen LogP contribution in [0.15, 0.2) is 30.7 Å². The van der Waals surface area contributed by atoms with Gasteiger partial charge in [-0.05, 0) is 50.2 Å². The van der Waals surface area contributed by atoms with Gasteiger partial charge in [-0.1, -0.05) is 12.8 Å². The highest BCUT2D eigenvalue weighted by atomic mass is 19.1. The Balaban J connectivity index is 1.47. The van der Waals surface area contributed by atoms with Gasteiger partial charge in [-0.3, -0.25) is 0 Å². The van der Waals surface area contributed by atoms with Crippen LogP contribution >= 0.6 is 0 Å². The van der Waals surface area contributed by atoms with Crippen LogP contribution in [0.5, 0.6) is 0 Å². The van der Waals surface area contributed by atoms with Crippen molar-refractivity contribution in [3.05, 3.63) is 48.2 Å². The first-order valence-corrected chi connectivity index (χ1v) is 9.43. The summed E-state index contributed by atoms with van der Waals surface area (Å²) in [5, 5.41) is 6.30. The number of hydrogen-bond acceptors (Lipinski definition) is 5. The monoisotopic (exact) mass is 371 g/mol. The summed E-state index contributed by atoms with van der Waals surface area (Å²) in [4.78, 5) is 12.4. The number of allylic oxidation sites excluding steroid dienone is 1. The van der Waals surface area contributed by atoms with E-state index in [1.807, 2.05) is 6.92 Å². The summed E-state index contributed by atoms with van der Waals surface area (Å²) in [7, 11) is 0. The van der Waals surface area contributed by atoms with Gasteiger partial charge in [-0.25, -0.2) is 23.7 Å². The van der Waals surface area contributed by atoms with Crippen molar-refractivity contribution in [3.8, 4) is 0 Å². The molecule has 3 fully saturated rings. The fourth-order valence-electron chi connectivity index (χ4n) is 4.10. The summed E-state index contributed by atoms with van der Waals surface area (Å²) >= 11 is 0. The molecule has 0 saturated heterocycles. The van der Waals surface area contributed by atoms with E-state index in [1.54, 1.807) is 6.20 Å². The molecule has 2 heterocycles. The minimum Gasteiger partial charge on any atom is -0.364 e. The fourth-order valence-corrected chi connectivity index (χ4v) is 4.10. The van der Waals surface area contributed by atoms with Gasteiger partial charge in [0.25, 0.3) is 0 Å². The Hall–Kier alpha value is -2.57. The molecule has 142 valence electrons. The molecule has 27 heavy (non-hydrogen) atoms. The van der Waals surface area contributed by atoms with Crippen LogP contribution in [0, 0.1) is 23.5 Å². The molecule has 5 nitrogen and oxygen atoms in total. The molecule has 2 bridgehead atoms. The third kappa shape index (κ3) is 4.07.